The van der Waals surface area contributed by atoms with Crippen LogP contribution in [0.2, 0.25) is 0 Å². The Labute approximate surface area is 145 Å². The van der Waals surface area contributed by atoms with Gasteiger partial charge in [-0.25, -0.2) is 4.98 Å². The average molecular weight is 323 g/mol. The van der Waals surface area contributed by atoms with Crippen molar-refractivity contribution >= 4 is 27.3 Å². The minimum Gasteiger partial charge on any atom is -0.298 e. The van der Waals surface area contributed by atoms with Gasteiger partial charge in [-0.1, -0.05) is 24.3 Å². The van der Waals surface area contributed by atoms with Gasteiger partial charge in [0.25, 0.3) is 0 Å². The van der Waals surface area contributed by atoms with Crippen LogP contribution in [0.1, 0.15) is 11.1 Å². The lowest BCUT2D eigenvalue weighted by Gasteiger charge is -2.14. The van der Waals surface area contributed by atoms with E-state index in [-0.39, 0.29) is 0 Å². The molecule has 25 heavy (non-hydrogen) atoms. The molecule has 0 aliphatic rings. The predicted molar refractivity (Wildman–Crippen MR) is 103 cm³/mol. The molecule has 0 N–H and O–H groups in total. The largest absolute Gasteiger partial charge is 0.298 e. The molecule has 120 valence electrons. The summed E-state index contributed by atoms with van der Waals surface area (Å²) in [6.45, 7) is 4.34. The lowest BCUT2D eigenvalue weighted by atomic mass is 9.93. The van der Waals surface area contributed by atoms with Crippen LogP contribution in [0.3, 0.4) is 0 Å². The first-order valence-electron chi connectivity index (χ1n) is 8.43. The Bertz CT molecular complexity index is 1260. The molecular formula is C22H17N3. The zero-order valence-electron chi connectivity index (χ0n) is 14.2. The molecule has 3 heteroatoms. The molecular weight excluding hydrogens is 306 g/mol. The maximum atomic E-state index is 4.59. The van der Waals surface area contributed by atoms with Crippen molar-refractivity contribution in [1.82, 2.24) is 14.4 Å². The predicted octanol–water partition coefficient (Wildman–Crippen LogP) is 5.32. The maximum Gasteiger partial charge on any atom is 0.145 e. The lowest BCUT2D eigenvalue weighted by molar-refractivity contribution is 1.24. The van der Waals surface area contributed by atoms with Crippen LogP contribution in [-0.4, -0.2) is 14.4 Å². The number of hydrogen-bond acceptors (Lipinski definition) is 2. The van der Waals surface area contributed by atoms with E-state index in [1.54, 1.807) is 0 Å². The van der Waals surface area contributed by atoms with Crippen molar-refractivity contribution in [2.45, 2.75) is 13.8 Å². The van der Waals surface area contributed by atoms with Crippen LogP contribution in [0.25, 0.3) is 38.4 Å². The van der Waals surface area contributed by atoms with Gasteiger partial charge in [0.2, 0.25) is 0 Å². The maximum absolute atomic E-state index is 4.59. The van der Waals surface area contributed by atoms with E-state index in [0.717, 1.165) is 11.2 Å². The Kier molecular flexibility index (Phi) is 2.92. The highest BCUT2D eigenvalue weighted by Gasteiger charge is 2.13. The topological polar surface area (TPSA) is 30.2 Å². The van der Waals surface area contributed by atoms with Crippen molar-refractivity contribution in [3.63, 3.8) is 0 Å². The summed E-state index contributed by atoms with van der Waals surface area (Å²) in [5.41, 5.74) is 7.18. The Balaban J connectivity index is 1.99. The second-order valence-corrected chi connectivity index (χ2v) is 6.54. The lowest BCUT2D eigenvalue weighted by Crippen LogP contribution is -1.94. The molecule has 3 heterocycles. The Morgan fingerprint density at radius 3 is 2.56 bits per heavy atom. The van der Waals surface area contributed by atoms with Gasteiger partial charge in [0, 0.05) is 29.4 Å². The molecule has 0 fully saturated rings. The Hall–Kier alpha value is -3.20. The molecule has 0 saturated heterocycles. The van der Waals surface area contributed by atoms with Crippen LogP contribution in [0.5, 0.6) is 0 Å². The van der Waals surface area contributed by atoms with Gasteiger partial charge in [-0.05, 0) is 59.7 Å². The molecule has 0 amide bonds. The first kappa shape index (κ1) is 14.2. The molecule has 5 rings (SSSR count). The minimum absolute atomic E-state index is 0.981. The van der Waals surface area contributed by atoms with Crippen LogP contribution in [0.15, 0.2) is 67.3 Å². The Morgan fingerprint density at radius 2 is 1.68 bits per heavy atom. The van der Waals surface area contributed by atoms with Gasteiger partial charge in [0.1, 0.15) is 5.65 Å². The smallest absolute Gasteiger partial charge is 0.145 e. The monoisotopic (exact) mass is 323 g/mol. The number of rotatable bonds is 1. The van der Waals surface area contributed by atoms with Crippen LogP contribution in [0.4, 0.5) is 0 Å². The van der Waals surface area contributed by atoms with Gasteiger partial charge in [-0.3, -0.25) is 9.38 Å². The first-order valence-corrected chi connectivity index (χ1v) is 8.43. The third-order valence-electron chi connectivity index (χ3n) is 5.03. The van der Waals surface area contributed by atoms with Gasteiger partial charge in [0.05, 0.1) is 11.7 Å². The van der Waals surface area contributed by atoms with Gasteiger partial charge in [0.15, 0.2) is 0 Å². The highest BCUT2D eigenvalue weighted by molar-refractivity contribution is 6.13. The fourth-order valence-electron chi connectivity index (χ4n) is 3.78. The summed E-state index contributed by atoms with van der Waals surface area (Å²) in [6.07, 6.45) is 7.63. The first-order chi connectivity index (χ1) is 12.2. The molecule has 0 atom stereocenters. The fourth-order valence-corrected chi connectivity index (χ4v) is 3.78. The number of benzene rings is 2. The molecule has 3 aromatic heterocycles. The van der Waals surface area contributed by atoms with E-state index < -0.39 is 0 Å². The number of aromatic nitrogens is 3. The number of aryl methyl sites for hydroxylation is 2. The van der Waals surface area contributed by atoms with Crippen LogP contribution in [0, 0.1) is 13.8 Å². The van der Waals surface area contributed by atoms with E-state index in [0.29, 0.717) is 0 Å². The SMILES string of the molecule is Cc1ccccc1-c1cc2c3ccncc3n3ccnc3c2cc1C. The van der Waals surface area contributed by atoms with E-state index in [1.165, 1.54) is 38.4 Å². The number of imidazole rings is 1. The van der Waals surface area contributed by atoms with Crippen LogP contribution < -0.4 is 0 Å². The zero-order valence-corrected chi connectivity index (χ0v) is 14.2. The summed E-state index contributed by atoms with van der Waals surface area (Å²) in [5, 5.41) is 3.60. The van der Waals surface area contributed by atoms with E-state index in [2.05, 4.69) is 70.7 Å². The molecule has 5 aromatic rings. The van der Waals surface area contributed by atoms with Gasteiger partial charge in [-0.15, -0.1) is 0 Å². The summed E-state index contributed by atoms with van der Waals surface area (Å²) in [4.78, 5) is 8.91. The normalized spacial score (nSPS) is 11.6. The van der Waals surface area contributed by atoms with Gasteiger partial charge in [-0.2, -0.15) is 0 Å². The van der Waals surface area contributed by atoms with Crippen molar-refractivity contribution < 1.29 is 0 Å². The summed E-state index contributed by atoms with van der Waals surface area (Å²) in [6, 6.07) is 15.2. The van der Waals surface area contributed by atoms with Crippen molar-refractivity contribution in [3.8, 4) is 11.1 Å². The van der Waals surface area contributed by atoms with Crippen molar-refractivity contribution in [3.05, 3.63) is 78.4 Å². The number of fused-ring (bicyclic) bond motifs is 6. The molecule has 0 bridgehead atoms. The summed E-state index contributed by atoms with van der Waals surface area (Å²) >= 11 is 0. The quantitative estimate of drug-likeness (QED) is 0.391. The zero-order chi connectivity index (χ0) is 17.0. The highest BCUT2D eigenvalue weighted by atomic mass is 15.0. The standard InChI is InChI=1S/C22H17N3/c1-14-5-3-4-6-16(14)18-12-19-17-7-8-23-13-21(17)25-10-9-24-22(25)20(19)11-15(18)2/h3-13H,1-2H3. The number of pyridine rings is 2. The average Bonchev–Trinajstić information content (AvgIpc) is 3.12. The van der Waals surface area contributed by atoms with Crippen molar-refractivity contribution in [1.29, 1.82) is 0 Å². The van der Waals surface area contributed by atoms with E-state index >= 15 is 0 Å². The number of nitrogens with zero attached hydrogens (tertiary/aromatic N) is 3. The Morgan fingerprint density at radius 1 is 0.800 bits per heavy atom. The molecule has 0 aliphatic carbocycles. The molecule has 0 radical (unpaired) electrons. The highest BCUT2D eigenvalue weighted by Crippen LogP contribution is 2.35. The molecule has 0 saturated carbocycles. The van der Waals surface area contributed by atoms with E-state index in [4.69, 9.17) is 0 Å². The third kappa shape index (κ3) is 1.99. The van der Waals surface area contributed by atoms with Crippen LogP contribution in [-0.2, 0) is 0 Å². The molecule has 2 aromatic carbocycles. The molecule has 0 unspecified atom stereocenters. The second kappa shape index (κ2) is 5.15. The van der Waals surface area contributed by atoms with E-state index in [1.807, 2.05) is 24.8 Å². The third-order valence-corrected chi connectivity index (χ3v) is 5.03. The molecule has 0 aliphatic heterocycles. The van der Waals surface area contributed by atoms with Gasteiger partial charge >= 0.3 is 0 Å². The fraction of sp³-hybridized carbons (Fsp3) is 0.0909. The number of hydrogen-bond donors (Lipinski definition) is 0. The molecule has 3 nitrogen and oxygen atoms in total. The van der Waals surface area contributed by atoms with Crippen molar-refractivity contribution in [2.75, 3.05) is 0 Å². The summed E-state index contributed by atoms with van der Waals surface area (Å²) < 4.78 is 2.12. The van der Waals surface area contributed by atoms with E-state index in [9.17, 15) is 0 Å². The van der Waals surface area contributed by atoms with Crippen molar-refractivity contribution in [2.24, 2.45) is 0 Å². The van der Waals surface area contributed by atoms with Crippen LogP contribution >= 0.6 is 0 Å². The summed E-state index contributed by atoms with van der Waals surface area (Å²) in [7, 11) is 0. The minimum atomic E-state index is 0.981. The molecule has 0 spiro atoms. The second-order valence-electron chi connectivity index (χ2n) is 6.54. The summed E-state index contributed by atoms with van der Waals surface area (Å²) in [5.74, 6) is 0. The van der Waals surface area contributed by atoms with Gasteiger partial charge < -0.3 is 0 Å².